The van der Waals surface area contributed by atoms with Crippen molar-refractivity contribution in [1.82, 2.24) is 15.5 Å². The number of nitrogens with one attached hydrogen (secondary N) is 1. The van der Waals surface area contributed by atoms with Crippen molar-refractivity contribution in [3.8, 4) is 0 Å². The Labute approximate surface area is 113 Å². The third-order valence-electron chi connectivity index (χ3n) is 4.02. The van der Waals surface area contributed by atoms with Gasteiger partial charge >= 0.3 is 0 Å². The number of rotatable bonds is 4. The van der Waals surface area contributed by atoms with Crippen molar-refractivity contribution in [2.24, 2.45) is 0 Å². The van der Waals surface area contributed by atoms with Gasteiger partial charge in [0, 0.05) is 19.1 Å². The molecule has 2 fully saturated rings. The lowest BCUT2D eigenvalue weighted by molar-refractivity contribution is 0.121. The summed E-state index contributed by atoms with van der Waals surface area (Å²) in [5.41, 5.74) is 0. The summed E-state index contributed by atoms with van der Waals surface area (Å²) < 4.78 is 10.8. The fourth-order valence-electron chi connectivity index (χ4n) is 3.03. The number of aromatic nitrogens is 2. The van der Waals surface area contributed by atoms with E-state index in [1.54, 1.807) is 0 Å². The van der Waals surface area contributed by atoms with Crippen LogP contribution in [0, 0.1) is 0 Å². The molecule has 1 saturated carbocycles. The molecule has 1 aliphatic heterocycles. The molecule has 0 spiro atoms. The Balaban J connectivity index is 1.69. The maximum atomic E-state index is 5.49. The Bertz CT molecular complexity index is 403. The van der Waals surface area contributed by atoms with Crippen LogP contribution in [0.15, 0.2) is 4.52 Å². The molecular formula is C13H22N4O2. The Morgan fingerprint density at radius 3 is 2.95 bits per heavy atom. The maximum Gasteiger partial charge on any atom is 0.266 e. The van der Waals surface area contributed by atoms with E-state index in [1.165, 1.54) is 12.8 Å². The van der Waals surface area contributed by atoms with E-state index in [2.05, 4.69) is 27.3 Å². The van der Waals surface area contributed by atoms with Crippen LogP contribution in [0.4, 0.5) is 5.95 Å². The van der Waals surface area contributed by atoms with Crippen molar-refractivity contribution in [3.05, 3.63) is 5.89 Å². The second kappa shape index (κ2) is 5.88. The summed E-state index contributed by atoms with van der Waals surface area (Å²) >= 11 is 0. The normalized spacial score (nSPS) is 27.9. The van der Waals surface area contributed by atoms with Crippen LogP contribution in [0.3, 0.4) is 0 Å². The van der Waals surface area contributed by atoms with Gasteiger partial charge in [0.25, 0.3) is 5.95 Å². The Morgan fingerprint density at radius 1 is 1.32 bits per heavy atom. The number of hydrogen-bond donors (Lipinski definition) is 1. The molecule has 1 aromatic heterocycles. The highest BCUT2D eigenvalue weighted by molar-refractivity contribution is 5.28. The van der Waals surface area contributed by atoms with Crippen LogP contribution in [0.1, 0.15) is 38.0 Å². The van der Waals surface area contributed by atoms with Crippen LogP contribution in [-0.4, -0.2) is 49.0 Å². The first-order valence-electron chi connectivity index (χ1n) is 7.28. The number of ether oxygens (including phenoxy) is 1. The van der Waals surface area contributed by atoms with E-state index in [-0.39, 0.29) is 0 Å². The number of likely N-dealkylation sites (N-methyl/N-ethyl adjacent to an activating group) is 1. The smallest absolute Gasteiger partial charge is 0.266 e. The second-order valence-electron chi connectivity index (χ2n) is 5.23. The Hall–Kier alpha value is -1.14. The predicted molar refractivity (Wildman–Crippen MR) is 71.4 cm³/mol. The summed E-state index contributed by atoms with van der Waals surface area (Å²) in [6.45, 7) is 6.31. The topological polar surface area (TPSA) is 63.4 Å². The highest BCUT2D eigenvalue weighted by Crippen LogP contribution is 2.34. The Kier molecular flexibility index (Phi) is 3.98. The molecule has 106 valence electrons. The average molecular weight is 266 g/mol. The van der Waals surface area contributed by atoms with Gasteiger partial charge in [-0.1, -0.05) is 13.3 Å². The van der Waals surface area contributed by atoms with Gasteiger partial charge in [-0.25, -0.2) is 0 Å². The molecule has 1 aromatic rings. The third-order valence-corrected chi connectivity index (χ3v) is 4.02. The molecule has 2 heterocycles. The van der Waals surface area contributed by atoms with Crippen molar-refractivity contribution in [1.29, 1.82) is 0 Å². The Morgan fingerprint density at radius 2 is 2.16 bits per heavy atom. The summed E-state index contributed by atoms with van der Waals surface area (Å²) in [5.74, 6) is 1.90. The van der Waals surface area contributed by atoms with Crippen molar-refractivity contribution >= 4 is 5.95 Å². The van der Waals surface area contributed by atoms with Crippen molar-refractivity contribution in [2.45, 2.75) is 38.1 Å². The minimum absolute atomic E-state index is 0.377. The fourth-order valence-corrected chi connectivity index (χ4v) is 3.03. The van der Waals surface area contributed by atoms with Crippen LogP contribution in [0.25, 0.3) is 0 Å². The summed E-state index contributed by atoms with van der Waals surface area (Å²) in [5, 5.41) is 7.66. The molecule has 0 radical (unpaired) electrons. The van der Waals surface area contributed by atoms with Gasteiger partial charge in [-0.05, 0) is 24.5 Å². The van der Waals surface area contributed by atoms with E-state index in [9.17, 15) is 0 Å². The standard InChI is InChI=1S/C13H22N4O2/c1-2-14-11-5-3-4-10(11)12-15-13(16-19-12)17-6-8-18-9-7-17/h10-11,14H,2-9H2,1H3. The molecule has 19 heavy (non-hydrogen) atoms. The molecule has 0 aromatic carbocycles. The summed E-state index contributed by atoms with van der Waals surface area (Å²) in [6.07, 6.45) is 3.58. The molecule has 2 aliphatic rings. The van der Waals surface area contributed by atoms with Gasteiger partial charge in [0.15, 0.2) is 0 Å². The summed E-state index contributed by atoms with van der Waals surface area (Å²) in [6, 6.07) is 0.489. The molecule has 1 saturated heterocycles. The molecule has 6 nitrogen and oxygen atoms in total. The quantitative estimate of drug-likeness (QED) is 0.882. The first-order chi connectivity index (χ1) is 9.38. The summed E-state index contributed by atoms with van der Waals surface area (Å²) in [4.78, 5) is 6.73. The largest absolute Gasteiger partial charge is 0.378 e. The average Bonchev–Trinajstić information content (AvgIpc) is 3.08. The molecule has 3 rings (SSSR count). The number of hydrogen-bond acceptors (Lipinski definition) is 6. The summed E-state index contributed by atoms with van der Waals surface area (Å²) in [7, 11) is 0. The van der Waals surface area contributed by atoms with E-state index in [0.717, 1.165) is 51.1 Å². The van der Waals surface area contributed by atoms with E-state index in [4.69, 9.17) is 9.26 Å². The molecule has 2 atom stereocenters. The SMILES string of the molecule is CCNC1CCCC1c1nc(N2CCOCC2)no1. The molecular weight excluding hydrogens is 244 g/mol. The van der Waals surface area contributed by atoms with E-state index in [0.29, 0.717) is 12.0 Å². The number of nitrogens with zero attached hydrogens (tertiary/aromatic N) is 3. The van der Waals surface area contributed by atoms with Crippen LogP contribution < -0.4 is 10.2 Å². The lowest BCUT2D eigenvalue weighted by Crippen LogP contribution is -2.37. The lowest BCUT2D eigenvalue weighted by atomic mass is 10.0. The van der Waals surface area contributed by atoms with Crippen molar-refractivity contribution < 1.29 is 9.26 Å². The van der Waals surface area contributed by atoms with E-state index >= 15 is 0 Å². The van der Waals surface area contributed by atoms with Crippen molar-refractivity contribution in [2.75, 3.05) is 37.7 Å². The number of morpholine rings is 1. The van der Waals surface area contributed by atoms with E-state index < -0.39 is 0 Å². The van der Waals surface area contributed by atoms with Crippen LogP contribution in [-0.2, 0) is 4.74 Å². The third kappa shape index (κ3) is 2.74. The first-order valence-corrected chi connectivity index (χ1v) is 7.28. The van der Waals surface area contributed by atoms with Gasteiger partial charge < -0.3 is 19.5 Å². The molecule has 0 bridgehead atoms. The number of anilines is 1. The second-order valence-corrected chi connectivity index (χ2v) is 5.23. The minimum atomic E-state index is 0.377. The maximum absolute atomic E-state index is 5.49. The van der Waals surface area contributed by atoms with Gasteiger partial charge in [-0.2, -0.15) is 4.98 Å². The lowest BCUT2D eigenvalue weighted by Gasteiger charge is -2.24. The van der Waals surface area contributed by atoms with Crippen LogP contribution >= 0.6 is 0 Å². The highest BCUT2D eigenvalue weighted by Gasteiger charge is 2.32. The van der Waals surface area contributed by atoms with Gasteiger partial charge in [0.05, 0.1) is 19.1 Å². The zero-order valence-electron chi connectivity index (χ0n) is 11.5. The zero-order valence-corrected chi connectivity index (χ0v) is 11.5. The molecule has 0 amide bonds. The van der Waals surface area contributed by atoms with Crippen LogP contribution in [0.5, 0.6) is 0 Å². The zero-order chi connectivity index (χ0) is 13.1. The van der Waals surface area contributed by atoms with Gasteiger partial charge in [0.1, 0.15) is 0 Å². The van der Waals surface area contributed by atoms with Gasteiger partial charge in [-0.3, -0.25) is 0 Å². The predicted octanol–water partition coefficient (Wildman–Crippen LogP) is 1.15. The molecule has 6 heteroatoms. The fraction of sp³-hybridized carbons (Fsp3) is 0.846. The monoisotopic (exact) mass is 266 g/mol. The highest BCUT2D eigenvalue weighted by atomic mass is 16.5. The van der Waals surface area contributed by atoms with Crippen molar-refractivity contribution in [3.63, 3.8) is 0 Å². The van der Waals surface area contributed by atoms with Crippen LogP contribution in [0.2, 0.25) is 0 Å². The molecule has 1 N–H and O–H groups in total. The minimum Gasteiger partial charge on any atom is -0.378 e. The van der Waals surface area contributed by atoms with E-state index in [1.807, 2.05) is 0 Å². The van der Waals surface area contributed by atoms with Gasteiger partial charge in [0.2, 0.25) is 5.89 Å². The molecule has 2 unspecified atom stereocenters. The first kappa shape index (κ1) is 12.9. The molecule has 1 aliphatic carbocycles. The van der Waals surface area contributed by atoms with Gasteiger partial charge in [-0.15, -0.1) is 0 Å².